The lowest BCUT2D eigenvalue weighted by molar-refractivity contribution is 0.0955. The average Bonchev–Trinajstić information content (AvgIpc) is 2.07. The van der Waals surface area contributed by atoms with Crippen LogP contribution in [-0.4, -0.2) is 17.4 Å². The Balaban J connectivity index is 0.00000121. The summed E-state index contributed by atoms with van der Waals surface area (Å²) in [6.45, 7) is 2.53. The fraction of sp³-hybridized carbons (Fsp3) is 0.250. The van der Waals surface area contributed by atoms with Crippen LogP contribution in [0.4, 0.5) is 4.70 Å². The Morgan fingerprint density at radius 1 is 1.67 bits per heavy atom. The summed E-state index contributed by atoms with van der Waals surface area (Å²) in [6.07, 6.45) is 3.19. The normalized spacial score (nSPS) is 8.42. The summed E-state index contributed by atoms with van der Waals surface area (Å²) < 4.78 is 0. The highest BCUT2D eigenvalue weighted by molar-refractivity contribution is 5.93. The number of aromatic nitrogens is 1. The van der Waals surface area contributed by atoms with E-state index in [9.17, 15) is 4.79 Å². The zero-order chi connectivity index (χ0) is 8.10. The fourth-order valence-corrected chi connectivity index (χ4v) is 0.760. The van der Waals surface area contributed by atoms with E-state index in [2.05, 4.69) is 10.3 Å². The summed E-state index contributed by atoms with van der Waals surface area (Å²) in [5.74, 6) is -0.0689. The van der Waals surface area contributed by atoms with Crippen molar-refractivity contribution >= 4 is 5.91 Å². The van der Waals surface area contributed by atoms with Crippen molar-refractivity contribution < 1.29 is 9.50 Å². The van der Waals surface area contributed by atoms with Gasteiger partial charge in [0.15, 0.2) is 0 Å². The predicted octanol–water partition coefficient (Wildman–Crippen LogP) is 0.984. The molecule has 1 aromatic rings. The Hall–Kier alpha value is -1.45. The van der Waals surface area contributed by atoms with Crippen LogP contribution in [0.1, 0.15) is 17.3 Å². The van der Waals surface area contributed by atoms with Gasteiger partial charge in [0.2, 0.25) is 0 Å². The minimum absolute atomic E-state index is 0. The summed E-state index contributed by atoms with van der Waals surface area (Å²) >= 11 is 0. The van der Waals surface area contributed by atoms with Crippen LogP contribution in [-0.2, 0) is 0 Å². The van der Waals surface area contributed by atoms with E-state index in [1.165, 1.54) is 0 Å². The van der Waals surface area contributed by atoms with E-state index in [1.54, 1.807) is 24.5 Å². The minimum Gasteiger partial charge on any atom is -0.352 e. The highest BCUT2D eigenvalue weighted by Gasteiger charge is 2.00. The second kappa shape index (κ2) is 5.23. The molecule has 0 radical (unpaired) electrons. The Labute approximate surface area is 70.2 Å². The van der Waals surface area contributed by atoms with Crippen LogP contribution >= 0.6 is 0 Å². The van der Waals surface area contributed by atoms with E-state index >= 15 is 0 Å². The van der Waals surface area contributed by atoms with Gasteiger partial charge in [-0.1, -0.05) is 0 Å². The lowest BCUT2D eigenvalue weighted by Gasteiger charge is -1.99. The SMILES string of the molecule is CCNC(=O)c1cccnc1.F. The van der Waals surface area contributed by atoms with Crippen LogP contribution in [0.3, 0.4) is 0 Å². The van der Waals surface area contributed by atoms with Crippen molar-refractivity contribution in [3.63, 3.8) is 0 Å². The van der Waals surface area contributed by atoms with Gasteiger partial charge in [0.05, 0.1) is 5.56 Å². The molecule has 0 aliphatic rings. The standard InChI is InChI=1S/C8H10N2O.FH/c1-2-10-8(11)7-4-3-5-9-6-7;/h3-6H,2H2,1H3,(H,10,11);1H. The zero-order valence-electron chi connectivity index (χ0n) is 6.78. The first-order chi connectivity index (χ1) is 5.34. The smallest absolute Gasteiger partial charge is 0.252 e. The molecule has 1 heterocycles. The second-order valence-electron chi connectivity index (χ2n) is 2.10. The van der Waals surface area contributed by atoms with Crippen LogP contribution in [0.2, 0.25) is 0 Å². The zero-order valence-corrected chi connectivity index (χ0v) is 6.78. The number of nitrogens with one attached hydrogen (secondary N) is 1. The molecule has 1 N–H and O–H groups in total. The molecule has 0 aliphatic heterocycles. The maximum Gasteiger partial charge on any atom is 0.252 e. The molecule has 0 unspecified atom stereocenters. The predicted molar refractivity (Wildman–Crippen MR) is 44.7 cm³/mol. The van der Waals surface area contributed by atoms with E-state index in [0.29, 0.717) is 12.1 Å². The molecule has 1 amide bonds. The quantitative estimate of drug-likeness (QED) is 0.719. The molecule has 0 aromatic carbocycles. The molecule has 0 aliphatic carbocycles. The number of amides is 1. The third kappa shape index (κ3) is 2.65. The molecule has 1 rings (SSSR count). The molecule has 0 fully saturated rings. The Bertz CT molecular complexity index is 238. The summed E-state index contributed by atoms with van der Waals surface area (Å²) in [5, 5.41) is 2.68. The molecule has 12 heavy (non-hydrogen) atoms. The van der Waals surface area contributed by atoms with Crippen LogP contribution in [0.15, 0.2) is 24.5 Å². The van der Waals surface area contributed by atoms with Gasteiger partial charge in [-0.05, 0) is 19.1 Å². The van der Waals surface area contributed by atoms with E-state index < -0.39 is 0 Å². The molecule has 3 nitrogen and oxygen atoms in total. The lowest BCUT2D eigenvalue weighted by atomic mass is 10.3. The first-order valence-electron chi connectivity index (χ1n) is 3.53. The largest absolute Gasteiger partial charge is 0.352 e. The summed E-state index contributed by atoms with van der Waals surface area (Å²) in [7, 11) is 0. The van der Waals surface area contributed by atoms with Crippen molar-refractivity contribution in [3.05, 3.63) is 30.1 Å². The molecule has 0 bridgehead atoms. The number of hydrogen-bond donors (Lipinski definition) is 1. The van der Waals surface area contributed by atoms with Crippen LogP contribution in [0.25, 0.3) is 0 Å². The molecule has 0 saturated carbocycles. The van der Waals surface area contributed by atoms with E-state index in [4.69, 9.17) is 0 Å². The summed E-state index contributed by atoms with van der Waals surface area (Å²) in [6, 6.07) is 3.47. The highest BCUT2D eigenvalue weighted by atomic mass is 19.0. The van der Waals surface area contributed by atoms with Gasteiger partial charge in [0.1, 0.15) is 0 Å². The molecular weight excluding hydrogens is 159 g/mol. The molecule has 0 saturated heterocycles. The molecule has 4 heteroatoms. The average molecular weight is 170 g/mol. The third-order valence-electron chi connectivity index (χ3n) is 1.26. The molecular formula is C8H11FN2O. The van der Waals surface area contributed by atoms with Gasteiger partial charge >= 0.3 is 0 Å². The third-order valence-corrected chi connectivity index (χ3v) is 1.26. The molecule has 1 aromatic heterocycles. The van der Waals surface area contributed by atoms with Crippen LogP contribution in [0, 0.1) is 0 Å². The summed E-state index contributed by atoms with van der Waals surface area (Å²) in [5.41, 5.74) is 0.606. The van der Waals surface area contributed by atoms with Gasteiger partial charge in [-0.2, -0.15) is 0 Å². The maximum absolute atomic E-state index is 11.1. The lowest BCUT2D eigenvalue weighted by Crippen LogP contribution is -2.22. The van der Waals surface area contributed by atoms with Crippen molar-refractivity contribution in [1.82, 2.24) is 10.3 Å². The number of carbonyl (C=O) groups excluding carboxylic acids is 1. The van der Waals surface area contributed by atoms with E-state index in [0.717, 1.165) is 0 Å². The molecule has 0 spiro atoms. The van der Waals surface area contributed by atoms with Crippen LogP contribution in [0.5, 0.6) is 0 Å². The number of rotatable bonds is 2. The van der Waals surface area contributed by atoms with Crippen LogP contribution < -0.4 is 5.32 Å². The van der Waals surface area contributed by atoms with Gasteiger partial charge in [-0.3, -0.25) is 14.5 Å². The Kier molecular flexibility index (Phi) is 4.60. The van der Waals surface area contributed by atoms with Crippen molar-refractivity contribution in [2.45, 2.75) is 6.92 Å². The number of halogens is 1. The monoisotopic (exact) mass is 170 g/mol. The number of carbonyl (C=O) groups is 1. The highest BCUT2D eigenvalue weighted by Crippen LogP contribution is 1.93. The second-order valence-corrected chi connectivity index (χ2v) is 2.10. The number of hydrogen-bond acceptors (Lipinski definition) is 2. The Morgan fingerprint density at radius 3 is 2.92 bits per heavy atom. The first kappa shape index (κ1) is 10.6. The molecule has 0 atom stereocenters. The fourth-order valence-electron chi connectivity index (χ4n) is 0.760. The first-order valence-corrected chi connectivity index (χ1v) is 3.53. The van der Waals surface area contributed by atoms with Gasteiger partial charge < -0.3 is 5.32 Å². The summed E-state index contributed by atoms with van der Waals surface area (Å²) in [4.78, 5) is 14.9. The van der Waals surface area contributed by atoms with Crippen molar-refractivity contribution in [2.75, 3.05) is 6.54 Å². The van der Waals surface area contributed by atoms with Gasteiger partial charge in [-0.15, -0.1) is 0 Å². The maximum atomic E-state index is 11.1. The topological polar surface area (TPSA) is 42.0 Å². The molecule has 66 valence electrons. The van der Waals surface area contributed by atoms with E-state index in [-0.39, 0.29) is 10.6 Å². The number of pyridine rings is 1. The number of nitrogens with zero attached hydrogens (tertiary/aromatic N) is 1. The van der Waals surface area contributed by atoms with Crippen molar-refractivity contribution in [2.24, 2.45) is 0 Å². The van der Waals surface area contributed by atoms with Crippen molar-refractivity contribution in [3.8, 4) is 0 Å². The Morgan fingerprint density at radius 2 is 2.42 bits per heavy atom. The minimum atomic E-state index is -0.0689. The van der Waals surface area contributed by atoms with Gasteiger partial charge in [0, 0.05) is 18.9 Å². The van der Waals surface area contributed by atoms with Gasteiger partial charge in [-0.25, -0.2) is 0 Å². The van der Waals surface area contributed by atoms with Crippen molar-refractivity contribution in [1.29, 1.82) is 0 Å². The van der Waals surface area contributed by atoms with E-state index in [1.807, 2.05) is 6.92 Å². The van der Waals surface area contributed by atoms with Gasteiger partial charge in [0.25, 0.3) is 5.91 Å².